The monoisotopic (exact) mass is 243 g/mol. The Morgan fingerprint density at radius 2 is 2.31 bits per heavy atom. The standard InChI is InChI=1S/C9H17N5OS/c1-3-4-5-6-10-8(15)7-16-9-11-12-13-14(9)2/h3-7H2,1-2H3,(H,10,15). The molecule has 7 heteroatoms. The average molecular weight is 243 g/mol. The van der Waals surface area contributed by atoms with Gasteiger partial charge in [0, 0.05) is 13.6 Å². The quantitative estimate of drug-likeness (QED) is 0.561. The summed E-state index contributed by atoms with van der Waals surface area (Å²) in [6.07, 6.45) is 3.36. The third kappa shape index (κ3) is 4.61. The highest BCUT2D eigenvalue weighted by Crippen LogP contribution is 2.11. The Kier molecular flexibility index (Phi) is 5.84. The van der Waals surface area contributed by atoms with E-state index in [0.29, 0.717) is 10.9 Å². The lowest BCUT2D eigenvalue weighted by Crippen LogP contribution is -2.26. The normalized spacial score (nSPS) is 10.4. The highest BCUT2D eigenvalue weighted by atomic mass is 32.2. The van der Waals surface area contributed by atoms with Gasteiger partial charge in [0.15, 0.2) is 0 Å². The lowest BCUT2D eigenvalue weighted by atomic mass is 10.2. The fourth-order valence-corrected chi connectivity index (χ4v) is 1.81. The second-order valence-corrected chi connectivity index (χ2v) is 4.37. The second-order valence-electron chi connectivity index (χ2n) is 3.43. The molecule has 0 saturated carbocycles. The summed E-state index contributed by atoms with van der Waals surface area (Å²) in [5.41, 5.74) is 0. The van der Waals surface area contributed by atoms with E-state index in [1.807, 2.05) is 0 Å². The maximum Gasteiger partial charge on any atom is 0.230 e. The fraction of sp³-hybridized carbons (Fsp3) is 0.778. The van der Waals surface area contributed by atoms with Crippen LogP contribution in [0.15, 0.2) is 5.16 Å². The molecule has 1 amide bonds. The van der Waals surface area contributed by atoms with Crippen molar-refractivity contribution in [2.75, 3.05) is 12.3 Å². The molecule has 0 aromatic carbocycles. The van der Waals surface area contributed by atoms with Crippen LogP contribution in [0.1, 0.15) is 26.2 Å². The van der Waals surface area contributed by atoms with Crippen LogP contribution >= 0.6 is 11.8 Å². The van der Waals surface area contributed by atoms with E-state index in [1.54, 1.807) is 11.7 Å². The topological polar surface area (TPSA) is 72.7 Å². The Morgan fingerprint density at radius 1 is 1.50 bits per heavy atom. The molecule has 90 valence electrons. The predicted molar refractivity (Wildman–Crippen MR) is 62.1 cm³/mol. The molecule has 0 aliphatic heterocycles. The fourth-order valence-electron chi connectivity index (χ4n) is 1.13. The van der Waals surface area contributed by atoms with Crippen molar-refractivity contribution in [3.63, 3.8) is 0 Å². The van der Waals surface area contributed by atoms with Gasteiger partial charge in [0.1, 0.15) is 0 Å². The van der Waals surface area contributed by atoms with Crippen LogP contribution < -0.4 is 5.32 Å². The molecule has 0 saturated heterocycles. The Morgan fingerprint density at radius 3 is 2.94 bits per heavy atom. The number of aromatic nitrogens is 4. The van der Waals surface area contributed by atoms with E-state index in [-0.39, 0.29) is 5.91 Å². The minimum absolute atomic E-state index is 0.0316. The first-order valence-electron chi connectivity index (χ1n) is 5.36. The zero-order valence-electron chi connectivity index (χ0n) is 9.64. The summed E-state index contributed by atoms with van der Waals surface area (Å²) < 4.78 is 1.55. The molecule has 0 unspecified atom stereocenters. The van der Waals surface area contributed by atoms with Gasteiger partial charge in [0.05, 0.1) is 5.75 Å². The number of rotatable bonds is 7. The minimum Gasteiger partial charge on any atom is -0.355 e. The first-order chi connectivity index (χ1) is 7.74. The number of hydrogen-bond acceptors (Lipinski definition) is 5. The number of hydrogen-bond donors (Lipinski definition) is 1. The molecule has 16 heavy (non-hydrogen) atoms. The Bertz CT molecular complexity index is 327. The summed E-state index contributed by atoms with van der Waals surface area (Å²) >= 11 is 1.34. The molecule has 1 N–H and O–H groups in total. The van der Waals surface area contributed by atoms with Crippen molar-refractivity contribution >= 4 is 17.7 Å². The van der Waals surface area contributed by atoms with Gasteiger partial charge in [-0.15, -0.1) is 5.10 Å². The molecule has 1 aromatic heterocycles. The van der Waals surface area contributed by atoms with Gasteiger partial charge in [0.2, 0.25) is 11.1 Å². The Hall–Kier alpha value is -1.11. The van der Waals surface area contributed by atoms with Crippen molar-refractivity contribution in [1.29, 1.82) is 0 Å². The molecule has 0 atom stereocenters. The summed E-state index contributed by atoms with van der Waals surface area (Å²) in [7, 11) is 1.75. The number of carbonyl (C=O) groups excluding carboxylic acids is 1. The lowest BCUT2D eigenvalue weighted by molar-refractivity contribution is -0.118. The van der Waals surface area contributed by atoms with Crippen LogP contribution in [-0.2, 0) is 11.8 Å². The minimum atomic E-state index is 0.0316. The zero-order valence-corrected chi connectivity index (χ0v) is 10.5. The van der Waals surface area contributed by atoms with E-state index in [4.69, 9.17) is 0 Å². The highest BCUT2D eigenvalue weighted by molar-refractivity contribution is 7.99. The maximum atomic E-state index is 11.4. The summed E-state index contributed by atoms with van der Waals surface area (Å²) in [5.74, 6) is 0.393. The summed E-state index contributed by atoms with van der Waals surface area (Å²) in [6.45, 7) is 2.89. The van der Waals surface area contributed by atoms with Gasteiger partial charge in [0.25, 0.3) is 0 Å². The summed E-state index contributed by atoms with van der Waals surface area (Å²) in [4.78, 5) is 11.4. The SMILES string of the molecule is CCCCCNC(=O)CSc1nnnn1C. The highest BCUT2D eigenvalue weighted by Gasteiger charge is 2.06. The van der Waals surface area contributed by atoms with E-state index in [1.165, 1.54) is 11.8 Å². The molecule has 1 heterocycles. The van der Waals surface area contributed by atoms with Gasteiger partial charge in [-0.2, -0.15) is 0 Å². The summed E-state index contributed by atoms with van der Waals surface area (Å²) in [6, 6.07) is 0. The number of nitrogens with zero attached hydrogens (tertiary/aromatic N) is 4. The first kappa shape index (κ1) is 13.0. The molecular weight excluding hydrogens is 226 g/mol. The number of thioether (sulfide) groups is 1. The van der Waals surface area contributed by atoms with E-state index in [9.17, 15) is 4.79 Å². The zero-order chi connectivity index (χ0) is 11.8. The van der Waals surface area contributed by atoms with Gasteiger partial charge in [-0.25, -0.2) is 4.68 Å². The Labute approximate surface area is 99.2 Å². The molecule has 0 aliphatic carbocycles. The predicted octanol–water partition coefficient (Wildman–Crippen LogP) is 0.609. The van der Waals surface area contributed by atoms with Crippen molar-refractivity contribution in [2.24, 2.45) is 7.05 Å². The molecular formula is C9H17N5OS. The van der Waals surface area contributed by atoms with Gasteiger partial charge in [-0.05, 0) is 16.8 Å². The van der Waals surface area contributed by atoms with Crippen LogP contribution in [-0.4, -0.2) is 38.4 Å². The number of tetrazole rings is 1. The second kappa shape index (κ2) is 7.21. The maximum absolute atomic E-state index is 11.4. The van der Waals surface area contributed by atoms with E-state index >= 15 is 0 Å². The van der Waals surface area contributed by atoms with Crippen molar-refractivity contribution in [1.82, 2.24) is 25.5 Å². The van der Waals surface area contributed by atoms with Crippen molar-refractivity contribution in [2.45, 2.75) is 31.3 Å². The number of nitrogens with one attached hydrogen (secondary N) is 1. The van der Waals surface area contributed by atoms with Crippen molar-refractivity contribution < 1.29 is 4.79 Å². The third-order valence-electron chi connectivity index (χ3n) is 2.02. The molecule has 6 nitrogen and oxygen atoms in total. The van der Waals surface area contributed by atoms with Gasteiger partial charge < -0.3 is 5.32 Å². The van der Waals surface area contributed by atoms with Crippen molar-refractivity contribution in [3.05, 3.63) is 0 Å². The number of amides is 1. The molecule has 0 bridgehead atoms. The Balaban J connectivity index is 2.13. The molecule has 0 radical (unpaired) electrons. The first-order valence-corrected chi connectivity index (χ1v) is 6.34. The van der Waals surface area contributed by atoms with Gasteiger partial charge in [-0.3, -0.25) is 4.79 Å². The van der Waals surface area contributed by atoms with Gasteiger partial charge >= 0.3 is 0 Å². The number of aryl methyl sites for hydroxylation is 1. The summed E-state index contributed by atoms with van der Waals surface area (Å²) in [5, 5.41) is 14.5. The number of unbranched alkanes of at least 4 members (excludes halogenated alkanes) is 2. The van der Waals surface area contributed by atoms with Crippen LogP contribution in [0.25, 0.3) is 0 Å². The molecule has 0 fully saturated rings. The van der Waals surface area contributed by atoms with E-state index < -0.39 is 0 Å². The van der Waals surface area contributed by atoms with Crippen LogP contribution in [0.2, 0.25) is 0 Å². The van der Waals surface area contributed by atoms with Crippen LogP contribution in [0.4, 0.5) is 0 Å². The molecule has 1 rings (SSSR count). The number of carbonyl (C=O) groups is 1. The van der Waals surface area contributed by atoms with Gasteiger partial charge in [-0.1, -0.05) is 31.5 Å². The van der Waals surface area contributed by atoms with Crippen LogP contribution in [0.3, 0.4) is 0 Å². The molecule has 1 aromatic rings. The van der Waals surface area contributed by atoms with E-state index in [0.717, 1.165) is 25.8 Å². The van der Waals surface area contributed by atoms with Crippen molar-refractivity contribution in [3.8, 4) is 0 Å². The lowest BCUT2D eigenvalue weighted by Gasteiger charge is -2.03. The average Bonchev–Trinajstić information content (AvgIpc) is 2.67. The molecule has 0 aliphatic rings. The van der Waals surface area contributed by atoms with Crippen LogP contribution in [0, 0.1) is 0 Å². The smallest absolute Gasteiger partial charge is 0.230 e. The van der Waals surface area contributed by atoms with E-state index in [2.05, 4.69) is 27.8 Å². The largest absolute Gasteiger partial charge is 0.355 e. The van der Waals surface area contributed by atoms with Crippen LogP contribution in [0.5, 0.6) is 0 Å². The third-order valence-corrected chi connectivity index (χ3v) is 3.03. The molecule has 0 spiro atoms.